The van der Waals surface area contributed by atoms with Crippen LogP contribution in [0.15, 0.2) is 54.7 Å². The fourth-order valence-corrected chi connectivity index (χ4v) is 3.80. The predicted octanol–water partition coefficient (Wildman–Crippen LogP) is 6.72. The number of allylic oxidation sites excluding steroid dienone is 2. The maximum absolute atomic E-state index is 5.94. The van der Waals surface area contributed by atoms with Gasteiger partial charge in [-0.15, -0.1) is 0 Å². The van der Waals surface area contributed by atoms with E-state index in [1.165, 1.54) is 37.7 Å². The smallest absolute Gasteiger partial charge is 0.0702 e. The molecule has 1 fully saturated rings. The molecule has 0 saturated heterocycles. The molecular formula is C22H26ClN. The Labute approximate surface area is 150 Å². The first-order valence-corrected chi connectivity index (χ1v) is 9.46. The Morgan fingerprint density at radius 3 is 2.42 bits per heavy atom. The molecule has 0 atom stereocenters. The van der Waals surface area contributed by atoms with Crippen LogP contribution in [0.2, 0.25) is 5.02 Å². The van der Waals surface area contributed by atoms with Gasteiger partial charge in [-0.1, -0.05) is 42.0 Å². The normalized spacial score (nSPS) is 21.2. The van der Waals surface area contributed by atoms with Gasteiger partial charge >= 0.3 is 0 Å². The van der Waals surface area contributed by atoms with Gasteiger partial charge in [0.1, 0.15) is 0 Å². The molecule has 1 nitrogen and oxygen atoms in total. The highest BCUT2D eigenvalue weighted by molar-refractivity contribution is 6.30. The molecule has 0 unspecified atom stereocenters. The lowest BCUT2D eigenvalue weighted by Gasteiger charge is -2.26. The van der Waals surface area contributed by atoms with Crippen molar-refractivity contribution in [3.63, 3.8) is 0 Å². The van der Waals surface area contributed by atoms with Crippen molar-refractivity contribution in [3.05, 3.63) is 65.3 Å². The summed E-state index contributed by atoms with van der Waals surface area (Å²) in [4.78, 5) is 4.63. The highest BCUT2D eigenvalue weighted by Crippen LogP contribution is 2.32. The van der Waals surface area contributed by atoms with E-state index >= 15 is 0 Å². The highest BCUT2D eigenvalue weighted by atomic mass is 35.5. The van der Waals surface area contributed by atoms with Crippen molar-refractivity contribution in [1.29, 1.82) is 0 Å². The second-order valence-electron chi connectivity index (χ2n) is 6.90. The van der Waals surface area contributed by atoms with Crippen molar-refractivity contribution in [2.24, 2.45) is 11.8 Å². The van der Waals surface area contributed by atoms with Gasteiger partial charge in [-0.05, 0) is 81.0 Å². The van der Waals surface area contributed by atoms with Gasteiger partial charge < -0.3 is 0 Å². The molecule has 2 aromatic rings. The zero-order valence-corrected chi connectivity index (χ0v) is 15.2. The lowest BCUT2D eigenvalue weighted by Crippen LogP contribution is -2.13. The van der Waals surface area contributed by atoms with Gasteiger partial charge in [-0.25, -0.2) is 0 Å². The number of hydrogen-bond acceptors (Lipinski definition) is 1. The van der Waals surface area contributed by atoms with E-state index in [2.05, 4.69) is 36.2 Å². The van der Waals surface area contributed by atoms with E-state index in [0.717, 1.165) is 34.5 Å². The Morgan fingerprint density at radius 1 is 1.04 bits per heavy atom. The Bertz CT molecular complexity index is 649. The van der Waals surface area contributed by atoms with Gasteiger partial charge in [-0.2, -0.15) is 0 Å². The standard InChI is InChI=1S/C22H26ClN/c1-2-3-17-4-6-18(7-5-17)8-9-19-10-15-22(24-16-19)20-11-13-21(23)14-12-20/h2-3,10-18H,4-9H2,1H3/b3-2+. The second-order valence-corrected chi connectivity index (χ2v) is 7.34. The Hall–Kier alpha value is -1.60. The summed E-state index contributed by atoms with van der Waals surface area (Å²) in [6.45, 7) is 2.13. The molecule has 24 heavy (non-hydrogen) atoms. The minimum atomic E-state index is 0.763. The van der Waals surface area contributed by atoms with E-state index in [4.69, 9.17) is 11.6 Å². The minimum absolute atomic E-state index is 0.763. The first-order valence-electron chi connectivity index (χ1n) is 9.08. The van der Waals surface area contributed by atoms with Crippen molar-refractivity contribution >= 4 is 11.6 Å². The minimum Gasteiger partial charge on any atom is -0.256 e. The van der Waals surface area contributed by atoms with Crippen LogP contribution < -0.4 is 0 Å². The van der Waals surface area contributed by atoms with E-state index in [1.807, 2.05) is 30.5 Å². The summed E-state index contributed by atoms with van der Waals surface area (Å²) in [5.74, 6) is 1.72. The van der Waals surface area contributed by atoms with Crippen molar-refractivity contribution in [2.45, 2.75) is 45.4 Å². The van der Waals surface area contributed by atoms with Crippen molar-refractivity contribution in [3.8, 4) is 11.3 Å². The molecule has 0 amide bonds. The SMILES string of the molecule is C/C=C/C1CCC(CCc2ccc(-c3ccc(Cl)cc3)nc2)CC1. The fourth-order valence-electron chi connectivity index (χ4n) is 3.68. The van der Waals surface area contributed by atoms with Crippen molar-refractivity contribution in [2.75, 3.05) is 0 Å². The maximum atomic E-state index is 5.94. The molecule has 1 aromatic heterocycles. The van der Waals surface area contributed by atoms with E-state index in [9.17, 15) is 0 Å². The molecule has 0 spiro atoms. The zero-order chi connectivity index (χ0) is 16.8. The lowest BCUT2D eigenvalue weighted by molar-refractivity contribution is 0.296. The second kappa shape index (κ2) is 8.48. The third kappa shape index (κ3) is 4.70. The van der Waals surface area contributed by atoms with Crippen LogP contribution in [0.25, 0.3) is 11.3 Å². The Morgan fingerprint density at radius 2 is 1.79 bits per heavy atom. The monoisotopic (exact) mass is 339 g/mol. The molecule has 1 aliphatic rings. The molecular weight excluding hydrogens is 314 g/mol. The van der Waals surface area contributed by atoms with E-state index in [1.54, 1.807) is 0 Å². The van der Waals surface area contributed by atoms with Crippen LogP contribution in [0.5, 0.6) is 0 Å². The maximum Gasteiger partial charge on any atom is 0.0702 e. The fraction of sp³-hybridized carbons (Fsp3) is 0.409. The highest BCUT2D eigenvalue weighted by Gasteiger charge is 2.19. The molecule has 2 heteroatoms. The van der Waals surface area contributed by atoms with Gasteiger partial charge in [0.15, 0.2) is 0 Å². The Kier molecular flexibility index (Phi) is 6.09. The van der Waals surface area contributed by atoms with E-state index < -0.39 is 0 Å². The van der Waals surface area contributed by atoms with Crippen LogP contribution in [0.3, 0.4) is 0 Å². The van der Waals surface area contributed by atoms with E-state index in [-0.39, 0.29) is 0 Å². The first kappa shape index (κ1) is 17.2. The van der Waals surface area contributed by atoms with Gasteiger partial charge in [0.2, 0.25) is 0 Å². The first-order chi connectivity index (χ1) is 11.7. The topological polar surface area (TPSA) is 12.9 Å². The van der Waals surface area contributed by atoms with Gasteiger partial charge in [0.05, 0.1) is 5.69 Å². The summed E-state index contributed by atoms with van der Waals surface area (Å²) in [6, 6.07) is 12.2. The average molecular weight is 340 g/mol. The largest absolute Gasteiger partial charge is 0.256 e. The summed E-state index contributed by atoms with van der Waals surface area (Å²) >= 11 is 5.94. The van der Waals surface area contributed by atoms with Crippen LogP contribution in [-0.4, -0.2) is 4.98 Å². The number of pyridine rings is 1. The molecule has 126 valence electrons. The van der Waals surface area contributed by atoms with Crippen LogP contribution in [0.4, 0.5) is 0 Å². The summed E-state index contributed by atoms with van der Waals surface area (Å²) in [5, 5.41) is 0.763. The third-order valence-electron chi connectivity index (χ3n) is 5.16. The molecule has 0 aliphatic heterocycles. The lowest BCUT2D eigenvalue weighted by atomic mass is 9.79. The molecule has 1 aromatic carbocycles. The number of aromatic nitrogens is 1. The molecule has 0 N–H and O–H groups in total. The number of hydrogen-bond donors (Lipinski definition) is 0. The molecule has 0 bridgehead atoms. The summed E-state index contributed by atoms with van der Waals surface area (Å²) < 4.78 is 0. The number of aryl methyl sites for hydroxylation is 1. The number of benzene rings is 1. The van der Waals surface area contributed by atoms with Crippen LogP contribution in [-0.2, 0) is 6.42 Å². The van der Waals surface area contributed by atoms with Gasteiger partial charge in [-0.3, -0.25) is 4.98 Å². The number of halogens is 1. The van der Waals surface area contributed by atoms with E-state index in [0.29, 0.717) is 0 Å². The average Bonchev–Trinajstić information content (AvgIpc) is 2.63. The Balaban J connectivity index is 1.51. The van der Waals surface area contributed by atoms with Crippen LogP contribution in [0.1, 0.15) is 44.6 Å². The third-order valence-corrected chi connectivity index (χ3v) is 5.41. The summed E-state index contributed by atoms with van der Waals surface area (Å²) in [6.07, 6.45) is 14.6. The van der Waals surface area contributed by atoms with Crippen molar-refractivity contribution in [1.82, 2.24) is 4.98 Å². The zero-order valence-electron chi connectivity index (χ0n) is 14.4. The summed E-state index contributed by atoms with van der Waals surface area (Å²) in [5.41, 5.74) is 3.49. The molecule has 3 rings (SSSR count). The van der Waals surface area contributed by atoms with Crippen LogP contribution >= 0.6 is 11.6 Å². The van der Waals surface area contributed by atoms with Gasteiger partial charge in [0.25, 0.3) is 0 Å². The summed E-state index contributed by atoms with van der Waals surface area (Å²) in [7, 11) is 0. The quantitative estimate of drug-likeness (QED) is 0.551. The van der Waals surface area contributed by atoms with Gasteiger partial charge in [0, 0.05) is 16.8 Å². The van der Waals surface area contributed by atoms with Crippen molar-refractivity contribution < 1.29 is 0 Å². The number of nitrogens with zero attached hydrogens (tertiary/aromatic N) is 1. The number of rotatable bonds is 5. The molecule has 1 saturated carbocycles. The molecule has 1 aliphatic carbocycles. The van der Waals surface area contributed by atoms with Crippen LogP contribution in [0, 0.1) is 11.8 Å². The molecule has 0 radical (unpaired) electrons. The predicted molar refractivity (Wildman–Crippen MR) is 103 cm³/mol. The molecule has 1 heterocycles.